The second kappa shape index (κ2) is 8.58. The number of methoxy groups -OCH3 is 1. The molecule has 1 rings (SSSR count). The van der Waals surface area contributed by atoms with Crippen molar-refractivity contribution in [2.24, 2.45) is 0 Å². The molecule has 1 aromatic carbocycles. The monoisotopic (exact) mass is 289 g/mol. The average Bonchev–Trinajstić information content (AvgIpc) is 2.50. The van der Waals surface area contributed by atoms with Crippen LogP contribution >= 0.6 is 0 Å². The van der Waals surface area contributed by atoms with Crippen LogP contribution in [0.2, 0.25) is 0 Å². The molecular formula is C16H19NO4. The Morgan fingerprint density at radius 3 is 2.57 bits per heavy atom. The number of nitrogens with one attached hydrogen (secondary N) is 1. The van der Waals surface area contributed by atoms with Crippen LogP contribution in [-0.4, -0.2) is 31.6 Å². The Kier molecular flexibility index (Phi) is 6.74. The third kappa shape index (κ3) is 5.95. The van der Waals surface area contributed by atoms with E-state index in [2.05, 4.69) is 11.9 Å². The van der Waals surface area contributed by atoms with E-state index in [1.54, 1.807) is 31.4 Å². The number of benzene rings is 1. The summed E-state index contributed by atoms with van der Waals surface area (Å²) >= 11 is 0. The maximum absolute atomic E-state index is 11.6. The van der Waals surface area contributed by atoms with E-state index in [1.807, 2.05) is 12.1 Å². The number of carbonyl (C=O) groups is 2. The first-order chi connectivity index (χ1) is 10.1. The minimum atomic E-state index is -0.849. The van der Waals surface area contributed by atoms with Gasteiger partial charge in [-0.05, 0) is 30.7 Å². The van der Waals surface area contributed by atoms with Gasteiger partial charge in [0, 0.05) is 12.6 Å². The van der Waals surface area contributed by atoms with E-state index in [0.717, 1.165) is 11.3 Å². The highest BCUT2D eigenvalue weighted by atomic mass is 16.5. The minimum Gasteiger partial charge on any atom is -0.497 e. The molecule has 5 nitrogen and oxygen atoms in total. The maximum Gasteiger partial charge on any atom is 0.331 e. The quantitative estimate of drug-likeness (QED) is 0.473. The molecule has 1 atom stereocenters. The molecule has 0 aliphatic carbocycles. The van der Waals surface area contributed by atoms with Crippen LogP contribution in [0, 0.1) is 0 Å². The van der Waals surface area contributed by atoms with Crippen molar-refractivity contribution in [3.05, 3.63) is 48.6 Å². The summed E-state index contributed by atoms with van der Waals surface area (Å²) in [6.45, 7) is 5.33. The van der Waals surface area contributed by atoms with Gasteiger partial charge in [0.2, 0.25) is 0 Å². The summed E-state index contributed by atoms with van der Waals surface area (Å²) in [5.74, 6) is -0.199. The smallest absolute Gasteiger partial charge is 0.331 e. The highest BCUT2D eigenvalue weighted by molar-refractivity contribution is 5.90. The van der Waals surface area contributed by atoms with Gasteiger partial charge in [0.05, 0.1) is 7.11 Å². The van der Waals surface area contributed by atoms with Crippen molar-refractivity contribution in [3.63, 3.8) is 0 Å². The molecule has 0 heterocycles. The van der Waals surface area contributed by atoms with Crippen LogP contribution in [0.5, 0.6) is 5.75 Å². The van der Waals surface area contributed by atoms with Crippen molar-refractivity contribution in [1.29, 1.82) is 0 Å². The predicted octanol–water partition coefficient (Wildman–Crippen LogP) is 1.94. The van der Waals surface area contributed by atoms with Crippen LogP contribution in [0.25, 0.3) is 6.08 Å². The van der Waals surface area contributed by atoms with Crippen molar-refractivity contribution in [3.8, 4) is 5.75 Å². The zero-order chi connectivity index (χ0) is 15.7. The minimum absolute atomic E-state index is 0.336. The summed E-state index contributed by atoms with van der Waals surface area (Å²) in [6.07, 6.45) is 3.59. The van der Waals surface area contributed by atoms with Gasteiger partial charge >= 0.3 is 5.97 Å². The van der Waals surface area contributed by atoms with Crippen molar-refractivity contribution in [2.45, 2.75) is 13.0 Å². The van der Waals surface area contributed by atoms with E-state index in [1.165, 1.54) is 13.0 Å². The molecule has 0 aliphatic heterocycles. The summed E-state index contributed by atoms with van der Waals surface area (Å²) < 4.78 is 10.0. The van der Waals surface area contributed by atoms with Gasteiger partial charge in [-0.15, -0.1) is 6.58 Å². The van der Waals surface area contributed by atoms with Crippen LogP contribution < -0.4 is 10.1 Å². The fourth-order valence-electron chi connectivity index (χ4n) is 1.46. The van der Waals surface area contributed by atoms with Crippen molar-refractivity contribution in [1.82, 2.24) is 5.32 Å². The Balaban J connectivity index is 2.49. The van der Waals surface area contributed by atoms with Crippen LogP contribution in [-0.2, 0) is 14.3 Å². The van der Waals surface area contributed by atoms with Crippen LogP contribution in [0.3, 0.4) is 0 Å². The van der Waals surface area contributed by atoms with Crippen molar-refractivity contribution < 1.29 is 19.1 Å². The molecule has 0 bridgehead atoms. The molecule has 0 saturated heterocycles. The average molecular weight is 289 g/mol. The maximum atomic E-state index is 11.6. The van der Waals surface area contributed by atoms with Gasteiger partial charge in [-0.2, -0.15) is 0 Å². The lowest BCUT2D eigenvalue weighted by Gasteiger charge is -2.11. The molecular weight excluding hydrogens is 270 g/mol. The first-order valence-electron chi connectivity index (χ1n) is 6.48. The number of hydrogen-bond acceptors (Lipinski definition) is 4. The van der Waals surface area contributed by atoms with Crippen LogP contribution in [0.1, 0.15) is 12.5 Å². The van der Waals surface area contributed by atoms with Crippen molar-refractivity contribution in [2.75, 3.05) is 13.7 Å². The zero-order valence-corrected chi connectivity index (χ0v) is 12.2. The summed E-state index contributed by atoms with van der Waals surface area (Å²) in [6, 6.07) is 7.19. The number of esters is 1. The third-order valence-corrected chi connectivity index (χ3v) is 2.61. The normalized spacial score (nSPS) is 11.7. The molecule has 0 radical (unpaired) electrons. The molecule has 0 aliphatic rings. The standard InChI is InChI=1S/C16H19NO4/c1-4-11-17-16(19)12(2)21-15(18)10-7-13-5-8-14(20-3)9-6-13/h4-10,12H,1,11H2,2-3H3,(H,17,19)/b10-7+. The molecule has 21 heavy (non-hydrogen) atoms. The van der Waals surface area contributed by atoms with E-state index in [9.17, 15) is 9.59 Å². The van der Waals surface area contributed by atoms with Gasteiger partial charge < -0.3 is 14.8 Å². The molecule has 0 saturated carbocycles. The summed E-state index contributed by atoms with van der Waals surface area (Å²) in [4.78, 5) is 23.1. The fraction of sp³-hybridized carbons (Fsp3) is 0.250. The van der Waals surface area contributed by atoms with E-state index >= 15 is 0 Å². The van der Waals surface area contributed by atoms with E-state index in [0.29, 0.717) is 6.54 Å². The molecule has 5 heteroatoms. The topological polar surface area (TPSA) is 64.6 Å². The van der Waals surface area contributed by atoms with E-state index < -0.39 is 12.1 Å². The van der Waals surface area contributed by atoms with E-state index in [4.69, 9.17) is 9.47 Å². The van der Waals surface area contributed by atoms with Gasteiger partial charge in [-0.25, -0.2) is 4.79 Å². The lowest BCUT2D eigenvalue weighted by molar-refractivity contribution is -0.150. The second-order valence-electron chi connectivity index (χ2n) is 4.22. The molecule has 112 valence electrons. The number of rotatable bonds is 7. The number of ether oxygens (including phenoxy) is 2. The van der Waals surface area contributed by atoms with Crippen molar-refractivity contribution >= 4 is 18.0 Å². The molecule has 1 aromatic rings. The molecule has 0 aromatic heterocycles. The highest BCUT2D eigenvalue weighted by Gasteiger charge is 2.15. The Morgan fingerprint density at radius 1 is 1.33 bits per heavy atom. The molecule has 1 amide bonds. The molecule has 1 N–H and O–H groups in total. The SMILES string of the molecule is C=CCNC(=O)C(C)OC(=O)/C=C/c1ccc(OC)cc1. The second-order valence-corrected chi connectivity index (χ2v) is 4.22. The molecule has 0 fully saturated rings. The van der Waals surface area contributed by atoms with Crippen LogP contribution in [0.4, 0.5) is 0 Å². The zero-order valence-electron chi connectivity index (χ0n) is 12.2. The molecule has 1 unspecified atom stereocenters. The third-order valence-electron chi connectivity index (χ3n) is 2.61. The lowest BCUT2D eigenvalue weighted by Crippen LogP contribution is -2.35. The number of carbonyl (C=O) groups excluding carboxylic acids is 2. The summed E-state index contributed by atoms with van der Waals surface area (Å²) in [5, 5.41) is 2.55. The fourth-order valence-corrected chi connectivity index (χ4v) is 1.46. The number of amides is 1. The van der Waals surface area contributed by atoms with Gasteiger partial charge in [-0.1, -0.05) is 18.2 Å². The largest absolute Gasteiger partial charge is 0.497 e. The first-order valence-corrected chi connectivity index (χ1v) is 6.48. The Labute approximate surface area is 124 Å². The summed E-state index contributed by atoms with van der Waals surface area (Å²) in [5.41, 5.74) is 0.830. The summed E-state index contributed by atoms with van der Waals surface area (Å²) in [7, 11) is 1.58. The highest BCUT2D eigenvalue weighted by Crippen LogP contribution is 2.12. The van der Waals surface area contributed by atoms with Gasteiger partial charge in [0.25, 0.3) is 5.91 Å². The number of hydrogen-bond donors (Lipinski definition) is 1. The van der Waals surface area contributed by atoms with Gasteiger partial charge in [0.1, 0.15) is 5.75 Å². The van der Waals surface area contributed by atoms with E-state index in [-0.39, 0.29) is 5.91 Å². The van der Waals surface area contributed by atoms with Crippen LogP contribution in [0.15, 0.2) is 43.0 Å². The molecule has 0 spiro atoms. The Bertz CT molecular complexity index is 520. The lowest BCUT2D eigenvalue weighted by atomic mass is 10.2. The Morgan fingerprint density at radius 2 is 2.00 bits per heavy atom. The Hall–Kier alpha value is -2.56. The first kappa shape index (κ1) is 16.5. The predicted molar refractivity (Wildman–Crippen MR) is 80.8 cm³/mol. The van der Waals surface area contributed by atoms with Gasteiger partial charge in [-0.3, -0.25) is 4.79 Å². The van der Waals surface area contributed by atoms with Gasteiger partial charge in [0.15, 0.2) is 6.10 Å².